The predicted molar refractivity (Wildman–Crippen MR) is 94.0 cm³/mol. The molecule has 0 spiro atoms. The van der Waals surface area contributed by atoms with Gasteiger partial charge in [-0.2, -0.15) is 4.98 Å². The molecule has 114 valence electrons. The Morgan fingerprint density at radius 1 is 0.833 bits per heavy atom. The van der Waals surface area contributed by atoms with Gasteiger partial charge in [-0.25, -0.2) is 0 Å². The third kappa shape index (κ3) is 2.78. The Kier molecular flexibility index (Phi) is 3.57. The first-order chi connectivity index (χ1) is 11.8. The minimum absolute atomic E-state index is 0.508. The highest BCUT2D eigenvalue weighted by Gasteiger charge is 2.11. The smallest absolute Gasteiger partial charge is 0.258 e. The highest BCUT2D eigenvalue weighted by atomic mass is 16.5. The fraction of sp³-hybridized carbons (Fsp3) is 0.0476. The number of rotatable bonds is 3. The summed E-state index contributed by atoms with van der Waals surface area (Å²) in [5.41, 5.74) is 11.1. The van der Waals surface area contributed by atoms with Gasteiger partial charge in [0.15, 0.2) is 0 Å². The Morgan fingerprint density at radius 3 is 2.17 bits per heavy atom. The summed E-state index contributed by atoms with van der Waals surface area (Å²) in [5, 5.41) is 4.03. The van der Waals surface area contributed by atoms with E-state index in [0.717, 1.165) is 16.7 Å². The average Bonchev–Trinajstić information content (AvgIpc) is 3.13. The molecule has 1 aliphatic rings. The van der Waals surface area contributed by atoms with Crippen LogP contribution in [0.1, 0.15) is 11.4 Å². The summed E-state index contributed by atoms with van der Waals surface area (Å²) in [6, 6.07) is 16.6. The molecule has 0 unspecified atom stereocenters. The Balaban J connectivity index is 1.60. The summed E-state index contributed by atoms with van der Waals surface area (Å²) in [4.78, 5) is 4.45. The maximum absolute atomic E-state index is 5.38. The van der Waals surface area contributed by atoms with Crippen LogP contribution in [0.5, 0.6) is 0 Å². The topological polar surface area (TPSA) is 38.9 Å². The SMILES string of the molecule is Cc1ccc(-c2ccc(-c3nc(C4=CC=C=C=C4)no3)cc2)cc1. The summed E-state index contributed by atoms with van der Waals surface area (Å²) in [5.74, 6) is 1.06. The largest absolute Gasteiger partial charge is 0.334 e. The fourth-order valence-corrected chi connectivity index (χ4v) is 2.50. The number of aromatic nitrogens is 2. The van der Waals surface area contributed by atoms with Crippen LogP contribution in [0.15, 0.2) is 82.7 Å². The van der Waals surface area contributed by atoms with Crippen molar-refractivity contribution in [2.45, 2.75) is 6.92 Å². The van der Waals surface area contributed by atoms with Crippen molar-refractivity contribution in [3.8, 4) is 22.6 Å². The molecule has 0 fully saturated rings. The molecule has 4 rings (SSSR count). The number of benzene rings is 2. The number of hydrogen-bond acceptors (Lipinski definition) is 3. The van der Waals surface area contributed by atoms with Gasteiger partial charge < -0.3 is 4.52 Å². The standard InChI is InChI=1S/C21H14N2O/c1-15-7-9-16(10-8-15)17-11-13-19(14-12-17)21-22-20(23-24-21)18-5-3-2-4-6-18/h3,5-14H,1H3. The van der Waals surface area contributed by atoms with Gasteiger partial charge in [0.25, 0.3) is 5.89 Å². The highest BCUT2D eigenvalue weighted by Crippen LogP contribution is 2.25. The van der Waals surface area contributed by atoms with E-state index in [1.54, 1.807) is 12.2 Å². The molecule has 0 amide bonds. The van der Waals surface area contributed by atoms with Crippen molar-refractivity contribution >= 4 is 5.57 Å². The van der Waals surface area contributed by atoms with Crippen molar-refractivity contribution in [2.75, 3.05) is 0 Å². The van der Waals surface area contributed by atoms with Crippen LogP contribution in [-0.2, 0) is 0 Å². The summed E-state index contributed by atoms with van der Waals surface area (Å²) >= 11 is 0. The molecular weight excluding hydrogens is 296 g/mol. The van der Waals surface area contributed by atoms with E-state index in [2.05, 4.69) is 64.9 Å². The summed E-state index contributed by atoms with van der Waals surface area (Å²) in [6.45, 7) is 2.09. The lowest BCUT2D eigenvalue weighted by Gasteiger charge is -2.03. The molecule has 3 heteroatoms. The molecule has 0 saturated carbocycles. The van der Waals surface area contributed by atoms with Crippen LogP contribution in [0.4, 0.5) is 0 Å². The van der Waals surface area contributed by atoms with Gasteiger partial charge in [0, 0.05) is 11.1 Å². The number of nitrogens with zero attached hydrogens (tertiary/aromatic N) is 2. The average molecular weight is 310 g/mol. The highest BCUT2D eigenvalue weighted by molar-refractivity contribution is 5.73. The van der Waals surface area contributed by atoms with Gasteiger partial charge in [-0.3, -0.25) is 0 Å². The normalized spacial score (nSPS) is 12.5. The van der Waals surface area contributed by atoms with E-state index in [0.29, 0.717) is 11.7 Å². The van der Waals surface area contributed by atoms with Crippen LogP contribution in [-0.4, -0.2) is 10.1 Å². The molecule has 0 saturated heterocycles. The molecule has 3 aromatic rings. The predicted octanol–water partition coefficient (Wildman–Crippen LogP) is 4.98. The van der Waals surface area contributed by atoms with E-state index in [9.17, 15) is 0 Å². The Labute approximate surface area is 140 Å². The molecule has 0 radical (unpaired) electrons. The molecule has 1 heterocycles. The Morgan fingerprint density at radius 2 is 1.50 bits per heavy atom. The molecule has 1 aromatic heterocycles. The second-order valence-electron chi connectivity index (χ2n) is 5.59. The minimum Gasteiger partial charge on any atom is -0.334 e. The fourth-order valence-electron chi connectivity index (χ4n) is 2.50. The summed E-state index contributed by atoms with van der Waals surface area (Å²) in [7, 11) is 0. The Bertz CT molecular complexity index is 1010. The van der Waals surface area contributed by atoms with E-state index >= 15 is 0 Å². The molecule has 1 aliphatic carbocycles. The summed E-state index contributed by atoms with van der Waals surface area (Å²) in [6.07, 6.45) is 5.45. The maximum atomic E-state index is 5.38. The first-order valence-electron chi connectivity index (χ1n) is 7.69. The first-order valence-corrected chi connectivity index (χ1v) is 7.69. The van der Waals surface area contributed by atoms with Crippen LogP contribution in [0.25, 0.3) is 28.2 Å². The maximum Gasteiger partial charge on any atom is 0.258 e. The lowest BCUT2D eigenvalue weighted by molar-refractivity contribution is 0.428. The van der Waals surface area contributed by atoms with Crippen molar-refractivity contribution in [3.05, 3.63) is 89.6 Å². The molecule has 0 atom stereocenters. The third-order valence-corrected chi connectivity index (χ3v) is 3.86. The third-order valence-electron chi connectivity index (χ3n) is 3.86. The van der Waals surface area contributed by atoms with E-state index in [1.165, 1.54) is 11.1 Å². The quantitative estimate of drug-likeness (QED) is 0.641. The lowest BCUT2D eigenvalue weighted by Crippen LogP contribution is -1.85. The number of aryl methyl sites for hydroxylation is 1. The number of hydrogen-bond donors (Lipinski definition) is 0. The Hall–Kier alpha value is -3.38. The van der Waals surface area contributed by atoms with E-state index in [4.69, 9.17) is 4.52 Å². The monoisotopic (exact) mass is 310 g/mol. The van der Waals surface area contributed by atoms with Crippen LogP contribution in [0.2, 0.25) is 0 Å². The van der Waals surface area contributed by atoms with Gasteiger partial charge in [0.2, 0.25) is 5.82 Å². The molecule has 24 heavy (non-hydrogen) atoms. The zero-order valence-corrected chi connectivity index (χ0v) is 13.2. The lowest BCUT2D eigenvalue weighted by atomic mass is 10.0. The summed E-state index contributed by atoms with van der Waals surface area (Å²) < 4.78 is 5.38. The molecular formula is C21H14N2O. The van der Waals surface area contributed by atoms with E-state index in [-0.39, 0.29) is 0 Å². The molecule has 3 nitrogen and oxygen atoms in total. The van der Waals surface area contributed by atoms with Crippen LogP contribution >= 0.6 is 0 Å². The van der Waals surface area contributed by atoms with Crippen molar-refractivity contribution in [2.24, 2.45) is 0 Å². The van der Waals surface area contributed by atoms with Gasteiger partial charge in [-0.1, -0.05) is 58.6 Å². The first kappa shape index (κ1) is 14.2. The van der Waals surface area contributed by atoms with Crippen molar-refractivity contribution < 1.29 is 4.52 Å². The second-order valence-corrected chi connectivity index (χ2v) is 5.59. The van der Waals surface area contributed by atoms with Gasteiger partial charge in [0.05, 0.1) is 0 Å². The van der Waals surface area contributed by atoms with Crippen LogP contribution < -0.4 is 0 Å². The molecule has 0 aliphatic heterocycles. The molecule has 2 aromatic carbocycles. The van der Waals surface area contributed by atoms with Gasteiger partial charge in [0.1, 0.15) is 0 Å². The molecule has 0 bridgehead atoms. The van der Waals surface area contributed by atoms with E-state index < -0.39 is 0 Å². The van der Waals surface area contributed by atoms with E-state index in [1.807, 2.05) is 18.2 Å². The van der Waals surface area contributed by atoms with Crippen molar-refractivity contribution in [3.63, 3.8) is 0 Å². The van der Waals surface area contributed by atoms with Gasteiger partial charge >= 0.3 is 0 Å². The minimum atomic E-state index is 0.508. The van der Waals surface area contributed by atoms with Crippen molar-refractivity contribution in [1.82, 2.24) is 10.1 Å². The second kappa shape index (κ2) is 6.02. The zero-order valence-electron chi connectivity index (χ0n) is 13.2. The van der Waals surface area contributed by atoms with Gasteiger partial charge in [-0.15, -0.1) is 0 Å². The van der Waals surface area contributed by atoms with Crippen molar-refractivity contribution in [1.29, 1.82) is 0 Å². The molecule has 0 N–H and O–H groups in total. The number of allylic oxidation sites excluding steroid dienone is 4. The van der Waals surface area contributed by atoms with Gasteiger partial charge in [-0.05, 0) is 48.4 Å². The van der Waals surface area contributed by atoms with Crippen LogP contribution in [0, 0.1) is 6.92 Å². The van der Waals surface area contributed by atoms with Crippen LogP contribution in [0.3, 0.4) is 0 Å². The zero-order chi connectivity index (χ0) is 16.4.